The van der Waals surface area contributed by atoms with E-state index in [2.05, 4.69) is 5.32 Å². The van der Waals surface area contributed by atoms with Crippen molar-refractivity contribution in [2.75, 3.05) is 5.32 Å². The van der Waals surface area contributed by atoms with Gasteiger partial charge in [-0.3, -0.25) is 4.79 Å². The lowest BCUT2D eigenvalue weighted by Crippen LogP contribution is -2.18. The zero-order valence-corrected chi connectivity index (χ0v) is 18.5. The van der Waals surface area contributed by atoms with Gasteiger partial charge >= 0.3 is 0 Å². The van der Waals surface area contributed by atoms with Gasteiger partial charge in [0, 0.05) is 21.8 Å². The SMILES string of the molecule is CC(C)(C)c1cc(/C=C(/C#N)C(=O)Nc2ccc(Cl)cc2)cc(C(C)(C)C)c1O. The molecule has 5 heteroatoms. The van der Waals surface area contributed by atoms with E-state index in [9.17, 15) is 15.2 Å². The lowest BCUT2D eigenvalue weighted by molar-refractivity contribution is -0.112. The van der Waals surface area contributed by atoms with E-state index >= 15 is 0 Å². The van der Waals surface area contributed by atoms with Gasteiger partial charge < -0.3 is 10.4 Å². The first-order chi connectivity index (χ1) is 13.3. The molecule has 0 fully saturated rings. The maximum Gasteiger partial charge on any atom is 0.266 e. The third-order valence-electron chi connectivity index (χ3n) is 4.53. The molecule has 2 aromatic rings. The minimum Gasteiger partial charge on any atom is -0.507 e. The van der Waals surface area contributed by atoms with Gasteiger partial charge in [-0.05, 0) is 58.9 Å². The number of halogens is 1. The van der Waals surface area contributed by atoms with Crippen LogP contribution >= 0.6 is 11.6 Å². The van der Waals surface area contributed by atoms with Crippen LogP contribution in [0.15, 0.2) is 42.0 Å². The summed E-state index contributed by atoms with van der Waals surface area (Å²) in [6, 6.07) is 12.3. The Morgan fingerprint density at radius 2 is 1.52 bits per heavy atom. The van der Waals surface area contributed by atoms with Crippen LogP contribution in [0.25, 0.3) is 6.08 Å². The molecule has 0 saturated heterocycles. The largest absolute Gasteiger partial charge is 0.507 e. The van der Waals surface area contributed by atoms with Crippen LogP contribution in [0.1, 0.15) is 58.2 Å². The van der Waals surface area contributed by atoms with E-state index in [4.69, 9.17) is 11.6 Å². The first-order valence-corrected chi connectivity index (χ1v) is 9.77. The van der Waals surface area contributed by atoms with Crippen LogP contribution in [0.3, 0.4) is 0 Å². The molecule has 2 rings (SSSR count). The minimum atomic E-state index is -0.502. The van der Waals surface area contributed by atoms with Gasteiger partial charge in [-0.25, -0.2) is 0 Å². The Morgan fingerprint density at radius 3 is 1.93 bits per heavy atom. The van der Waals surface area contributed by atoms with Crippen LogP contribution in [0.5, 0.6) is 5.75 Å². The van der Waals surface area contributed by atoms with Crippen LogP contribution in [0.4, 0.5) is 5.69 Å². The summed E-state index contributed by atoms with van der Waals surface area (Å²) in [5, 5.41) is 23.6. The minimum absolute atomic E-state index is 0.0228. The molecule has 0 spiro atoms. The third-order valence-corrected chi connectivity index (χ3v) is 4.78. The molecule has 0 aliphatic rings. The second-order valence-electron chi connectivity index (χ2n) is 9.10. The Morgan fingerprint density at radius 1 is 1.03 bits per heavy atom. The Bertz CT molecular complexity index is 951. The molecule has 0 heterocycles. The molecular weight excluding hydrogens is 384 g/mol. The Kier molecular flexibility index (Phi) is 6.45. The number of anilines is 1. The maximum absolute atomic E-state index is 12.6. The van der Waals surface area contributed by atoms with Gasteiger partial charge in [-0.1, -0.05) is 53.1 Å². The Labute approximate surface area is 177 Å². The second kappa shape index (κ2) is 8.31. The highest BCUT2D eigenvalue weighted by molar-refractivity contribution is 6.30. The molecule has 0 bridgehead atoms. The van der Waals surface area contributed by atoms with E-state index in [0.717, 1.165) is 11.1 Å². The number of nitrogens with one attached hydrogen (secondary N) is 1. The van der Waals surface area contributed by atoms with Gasteiger partial charge in [0.2, 0.25) is 0 Å². The van der Waals surface area contributed by atoms with Gasteiger partial charge in [0.1, 0.15) is 17.4 Å². The molecule has 0 unspecified atom stereocenters. The van der Waals surface area contributed by atoms with Crippen LogP contribution in [0, 0.1) is 11.3 Å². The normalized spacial score (nSPS) is 12.4. The zero-order chi connectivity index (χ0) is 22.0. The van der Waals surface area contributed by atoms with Gasteiger partial charge in [0.05, 0.1) is 0 Å². The number of carbonyl (C=O) groups is 1. The summed E-state index contributed by atoms with van der Waals surface area (Å²) in [6.07, 6.45) is 1.55. The maximum atomic E-state index is 12.6. The summed E-state index contributed by atoms with van der Waals surface area (Å²) in [5.41, 5.74) is 2.17. The number of phenols is 1. The highest BCUT2D eigenvalue weighted by Crippen LogP contribution is 2.40. The number of phenolic OH excluding ortho intramolecular Hbond substituents is 1. The van der Waals surface area contributed by atoms with Crippen molar-refractivity contribution in [2.24, 2.45) is 0 Å². The van der Waals surface area contributed by atoms with Gasteiger partial charge in [-0.2, -0.15) is 5.26 Å². The summed E-state index contributed by atoms with van der Waals surface area (Å²) < 4.78 is 0. The van der Waals surface area contributed by atoms with Crippen molar-refractivity contribution in [1.82, 2.24) is 0 Å². The van der Waals surface area contributed by atoms with E-state index in [1.807, 2.05) is 59.7 Å². The molecule has 152 valence electrons. The highest BCUT2D eigenvalue weighted by Gasteiger charge is 2.26. The predicted molar refractivity (Wildman–Crippen MR) is 119 cm³/mol. The Hall–Kier alpha value is -2.77. The Balaban J connectivity index is 2.50. The molecule has 0 aliphatic heterocycles. The summed E-state index contributed by atoms with van der Waals surface area (Å²) in [5.74, 6) is -0.246. The summed E-state index contributed by atoms with van der Waals surface area (Å²) in [6.45, 7) is 12.1. The fourth-order valence-corrected chi connectivity index (χ4v) is 3.06. The number of carbonyl (C=O) groups excluding carboxylic acids is 1. The van der Waals surface area contributed by atoms with Crippen molar-refractivity contribution in [3.05, 3.63) is 63.7 Å². The third kappa shape index (κ3) is 5.62. The van der Waals surface area contributed by atoms with Gasteiger partial charge in [0.25, 0.3) is 5.91 Å². The smallest absolute Gasteiger partial charge is 0.266 e. The zero-order valence-electron chi connectivity index (χ0n) is 17.7. The standard InChI is InChI=1S/C24H27ClN2O2/c1-23(2,3)19-12-15(13-20(21(19)28)24(4,5)6)11-16(14-26)22(29)27-18-9-7-17(25)8-10-18/h7-13,28H,1-6H3,(H,27,29)/b16-11-. The van der Waals surface area contributed by atoms with Crippen molar-refractivity contribution < 1.29 is 9.90 Å². The second-order valence-corrected chi connectivity index (χ2v) is 9.53. The monoisotopic (exact) mass is 410 g/mol. The average Bonchev–Trinajstić information content (AvgIpc) is 2.60. The van der Waals surface area contributed by atoms with Crippen LogP contribution in [0.2, 0.25) is 5.02 Å². The number of hydrogen-bond donors (Lipinski definition) is 2. The van der Waals surface area contributed by atoms with E-state index in [-0.39, 0.29) is 22.2 Å². The quantitative estimate of drug-likeness (QED) is 0.468. The summed E-state index contributed by atoms with van der Waals surface area (Å²) in [7, 11) is 0. The molecule has 0 radical (unpaired) electrons. The molecule has 0 aromatic heterocycles. The highest BCUT2D eigenvalue weighted by atomic mass is 35.5. The average molecular weight is 411 g/mol. The number of aromatic hydroxyl groups is 1. The molecule has 4 nitrogen and oxygen atoms in total. The molecule has 0 aliphatic carbocycles. The first-order valence-electron chi connectivity index (χ1n) is 9.39. The molecule has 2 aromatic carbocycles. The lowest BCUT2D eigenvalue weighted by atomic mass is 9.78. The molecule has 1 amide bonds. The molecule has 29 heavy (non-hydrogen) atoms. The van der Waals surface area contributed by atoms with E-state index in [1.54, 1.807) is 30.3 Å². The number of benzene rings is 2. The van der Waals surface area contributed by atoms with E-state index < -0.39 is 5.91 Å². The van der Waals surface area contributed by atoms with Crippen molar-refractivity contribution >= 4 is 29.3 Å². The number of rotatable bonds is 3. The number of nitriles is 1. The van der Waals surface area contributed by atoms with Crippen LogP contribution in [-0.2, 0) is 15.6 Å². The first kappa shape index (κ1) is 22.5. The molecule has 2 N–H and O–H groups in total. The van der Waals surface area contributed by atoms with Crippen molar-refractivity contribution in [3.63, 3.8) is 0 Å². The number of amides is 1. The van der Waals surface area contributed by atoms with Crippen LogP contribution in [-0.4, -0.2) is 11.0 Å². The molecule has 0 atom stereocenters. The number of hydrogen-bond acceptors (Lipinski definition) is 3. The van der Waals surface area contributed by atoms with Crippen LogP contribution < -0.4 is 5.32 Å². The van der Waals surface area contributed by atoms with Crippen molar-refractivity contribution in [3.8, 4) is 11.8 Å². The molecular formula is C24H27ClN2O2. The van der Waals surface area contributed by atoms with Crippen molar-refractivity contribution in [2.45, 2.75) is 52.4 Å². The topological polar surface area (TPSA) is 73.1 Å². The lowest BCUT2D eigenvalue weighted by Gasteiger charge is -2.28. The van der Waals surface area contributed by atoms with Gasteiger partial charge in [-0.15, -0.1) is 0 Å². The number of nitrogens with zero attached hydrogens (tertiary/aromatic N) is 1. The fraction of sp³-hybridized carbons (Fsp3) is 0.333. The van der Waals surface area contributed by atoms with E-state index in [1.165, 1.54) is 0 Å². The summed E-state index contributed by atoms with van der Waals surface area (Å²) in [4.78, 5) is 12.6. The van der Waals surface area contributed by atoms with E-state index in [0.29, 0.717) is 16.3 Å². The predicted octanol–water partition coefficient (Wildman–Crippen LogP) is 6.19. The summed E-state index contributed by atoms with van der Waals surface area (Å²) >= 11 is 5.86. The van der Waals surface area contributed by atoms with Gasteiger partial charge in [0.15, 0.2) is 0 Å². The fourth-order valence-electron chi connectivity index (χ4n) is 2.93. The molecule has 0 saturated carbocycles. The van der Waals surface area contributed by atoms with Crippen molar-refractivity contribution in [1.29, 1.82) is 5.26 Å².